The largest absolute Gasteiger partial charge is 0.491 e. The summed E-state index contributed by atoms with van der Waals surface area (Å²) in [6.45, 7) is 6.39. The summed E-state index contributed by atoms with van der Waals surface area (Å²) >= 11 is 0.986. The summed E-state index contributed by atoms with van der Waals surface area (Å²) in [4.78, 5) is 26.7. The SMILES string of the molecule is CC[C@@H](C)Oc1ccc(/C=C2\SC(=O)N(Cc3cccc(C)c3)C2=O)cc1. The minimum atomic E-state index is -0.244. The molecule has 2 amide bonds. The molecule has 1 saturated heterocycles. The summed E-state index contributed by atoms with van der Waals surface area (Å²) in [6.07, 6.45) is 2.86. The molecule has 1 aliphatic heterocycles. The second-order valence-corrected chi connectivity index (χ2v) is 7.66. The van der Waals surface area contributed by atoms with Crippen molar-refractivity contribution >= 4 is 29.0 Å². The lowest BCUT2D eigenvalue weighted by molar-refractivity contribution is -0.123. The molecule has 1 aliphatic rings. The van der Waals surface area contributed by atoms with Crippen LogP contribution in [0.15, 0.2) is 53.4 Å². The van der Waals surface area contributed by atoms with E-state index in [0.717, 1.165) is 40.6 Å². The summed E-state index contributed by atoms with van der Waals surface area (Å²) in [6, 6.07) is 15.4. The Bertz CT molecular complexity index is 873. The summed E-state index contributed by atoms with van der Waals surface area (Å²) in [7, 11) is 0. The van der Waals surface area contributed by atoms with Crippen molar-refractivity contribution in [1.29, 1.82) is 0 Å². The average Bonchev–Trinajstić information content (AvgIpc) is 2.91. The molecule has 1 atom stereocenters. The van der Waals surface area contributed by atoms with Crippen LogP contribution >= 0.6 is 11.8 Å². The first-order chi connectivity index (χ1) is 13.0. The molecule has 0 saturated carbocycles. The van der Waals surface area contributed by atoms with Crippen LogP contribution in [0.25, 0.3) is 6.08 Å². The van der Waals surface area contributed by atoms with Gasteiger partial charge in [-0.2, -0.15) is 0 Å². The van der Waals surface area contributed by atoms with Gasteiger partial charge in [-0.1, -0.05) is 48.9 Å². The van der Waals surface area contributed by atoms with Gasteiger partial charge in [0, 0.05) is 0 Å². The highest BCUT2D eigenvalue weighted by Crippen LogP contribution is 2.33. The Balaban J connectivity index is 1.72. The lowest BCUT2D eigenvalue weighted by Crippen LogP contribution is -2.27. The Morgan fingerprint density at radius 3 is 2.56 bits per heavy atom. The van der Waals surface area contributed by atoms with E-state index in [0.29, 0.717) is 11.4 Å². The maximum atomic E-state index is 12.7. The Labute approximate surface area is 164 Å². The minimum absolute atomic E-state index is 0.161. The van der Waals surface area contributed by atoms with E-state index < -0.39 is 0 Å². The molecule has 0 aromatic heterocycles. The molecule has 0 spiro atoms. The molecule has 0 bridgehead atoms. The molecular formula is C22H23NO3S. The van der Waals surface area contributed by atoms with Crippen LogP contribution in [0.1, 0.15) is 37.0 Å². The van der Waals surface area contributed by atoms with E-state index >= 15 is 0 Å². The molecule has 3 rings (SSSR count). The highest BCUT2D eigenvalue weighted by atomic mass is 32.2. The number of thioether (sulfide) groups is 1. The van der Waals surface area contributed by atoms with E-state index in [1.54, 1.807) is 6.08 Å². The van der Waals surface area contributed by atoms with Gasteiger partial charge >= 0.3 is 0 Å². The van der Waals surface area contributed by atoms with E-state index in [1.807, 2.05) is 62.4 Å². The zero-order valence-corrected chi connectivity index (χ0v) is 16.6. The summed E-state index contributed by atoms with van der Waals surface area (Å²) < 4.78 is 5.76. The normalized spacial score (nSPS) is 16.9. The number of carbonyl (C=O) groups is 2. The molecular weight excluding hydrogens is 358 g/mol. The fourth-order valence-electron chi connectivity index (χ4n) is 2.74. The van der Waals surface area contributed by atoms with Gasteiger partial charge < -0.3 is 4.74 Å². The molecule has 4 nitrogen and oxygen atoms in total. The van der Waals surface area contributed by atoms with Crippen molar-refractivity contribution in [2.45, 2.75) is 39.8 Å². The average molecular weight is 381 g/mol. The van der Waals surface area contributed by atoms with Gasteiger partial charge in [-0.05, 0) is 61.4 Å². The number of nitrogens with zero attached hydrogens (tertiary/aromatic N) is 1. The number of hydrogen-bond acceptors (Lipinski definition) is 4. The number of rotatable bonds is 6. The number of hydrogen-bond donors (Lipinski definition) is 0. The monoisotopic (exact) mass is 381 g/mol. The molecule has 0 unspecified atom stereocenters. The third-order valence-electron chi connectivity index (χ3n) is 4.39. The lowest BCUT2D eigenvalue weighted by Gasteiger charge is -2.13. The summed E-state index contributed by atoms with van der Waals surface area (Å²) in [5.74, 6) is 0.556. The van der Waals surface area contributed by atoms with Crippen LogP contribution in [-0.4, -0.2) is 22.2 Å². The lowest BCUT2D eigenvalue weighted by atomic mass is 10.1. The number of aryl methyl sites for hydroxylation is 1. The molecule has 1 fully saturated rings. The van der Waals surface area contributed by atoms with Crippen LogP contribution in [-0.2, 0) is 11.3 Å². The summed E-state index contributed by atoms with van der Waals surface area (Å²) in [5.41, 5.74) is 2.92. The minimum Gasteiger partial charge on any atom is -0.491 e. The van der Waals surface area contributed by atoms with Crippen molar-refractivity contribution in [2.24, 2.45) is 0 Å². The Morgan fingerprint density at radius 1 is 1.15 bits per heavy atom. The molecule has 0 N–H and O–H groups in total. The van der Waals surface area contributed by atoms with Crippen molar-refractivity contribution in [1.82, 2.24) is 4.90 Å². The zero-order chi connectivity index (χ0) is 19.4. The predicted molar refractivity (Wildman–Crippen MR) is 110 cm³/mol. The Kier molecular flexibility index (Phi) is 6.01. The molecule has 5 heteroatoms. The van der Waals surface area contributed by atoms with Crippen LogP contribution in [0.4, 0.5) is 4.79 Å². The molecule has 0 radical (unpaired) electrons. The fourth-order valence-corrected chi connectivity index (χ4v) is 3.58. The van der Waals surface area contributed by atoms with Gasteiger partial charge in [0.1, 0.15) is 5.75 Å². The first-order valence-corrected chi connectivity index (χ1v) is 9.85. The van der Waals surface area contributed by atoms with Gasteiger partial charge in [0.05, 0.1) is 17.6 Å². The smallest absolute Gasteiger partial charge is 0.293 e. The van der Waals surface area contributed by atoms with Gasteiger partial charge in [-0.3, -0.25) is 14.5 Å². The van der Waals surface area contributed by atoms with Gasteiger partial charge in [-0.15, -0.1) is 0 Å². The third-order valence-corrected chi connectivity index (χ3v) is 5.29. The number of carbonyl (C=O) groups excluding carboxylic acids is 2. The quantitative estimate of drug-likeness (QED) is 0.628. The second kappa shape index (κ2) is 8.44. The van der Waals surface area contributed by atoms with Crippen molar-refractivity contribution in [3.63, 3.8) is 0 Å². The van der Waals surface area contributed by atoms with E-state index in [4.69, 9.17) is 4.74 Å². The van der Waals surface area contributed by atoms with Crippen molar-refractivity contribution in [3.8, 4) is 5.75 Å². The maximum absolute atomic E-state index is 12.7. The predicted octanol–water partition coefficient (Wildman–Crippen LogP) is 5.41. The van der Waals surface area contributed by atoms with E-state index in [9.17, 15) is 9.59 Å². The number of benzene rings is 2. The standard InChI is InChI=1S/C22H23NO3S/c1-4-16(3)26-19-10-8-17(9-11-19)13-20-21(24)23(22(25)27-20)14-18-7-5-6-15(2)12-18/h5-13,16H,4,14H2,1-3H3/b20-13-/t16-/m1/s1. The Morgan fingerprint density at radius 2 is 1.89 bits per heavy atom. The van der Waals surface area contributed by atoms with Gasteiger partial charge in [0.2, 0.25) is 0 Å². The van der Waals surface area contributed by atoms with Crippen molar-refractivity contribution in [3.05, 3.63) is 70.1 Å². The maximum Gasteiger partial charge on any atom is 0.293 e. The zero-order valence-electron chi connectivity index (χ0n) is 15.8. The Hall–Kier alpha value is -2.53. The topological polar surface area (TPSA) is 46.6 Å². The molecule has 2 aromatic rings. The molecule has 0 aliphatic carbocycles. The van der Waals surface area contributed by atoms with Gasteiger partial charge in [-0.25, -0.2) is 0 Å². The van der Waals surface area contributed by atoms with E-state index in [-0.39, 0.29) is 17.3 Å². The molecule has 27 heavy (non-hydrogen) atoms. The molecule has 140 valence electrons. The number of amides is 2. The second-order valence-electron chi connectivity index (χ2n) is 6.66. The number of ether oxygens (including phenoxy) is 1. The fraction of sp³-hybridized carbons (Fsp3) is 0.273. The van der Waals surface area contributed by atoms with E-state index in [1.165, 1.54) is 4.90 Å². The van der Waals surface area contributed by atoms with Gasteiger partial charge in [0.15, 0.2) is 0 Å². The third kappa shape index (κ3) is 4.80. The first-order valence-electron chi connectivity index (χ1n) is 9.04. The van der Waals surface area contributed by atoms with Crippen LogP contribution in [0.5, 0.6) is 5.75 Å². The van der Waals surface area contributed by atoms with Crippen LogP contribution in [0.2, 0.25) is 0 Å². The molecule has 2 aromatic carbocycles. The van der Waals surface area contributed by atoms with Crippen molar-refractivity contribution < 1.29 is 14.3 Å². The van der Waals surface area contributed by atoms with Crippen LogP contribution in [0.3, 0.4) is 0 Å². The van der Waals surface area contributed by atoms with Crippen LogP contribution in [0, 0.1) is 6.92 Å². The van der Waals surface area contributed by atoms with Gasteiger partial charge in [0.25, 0.3) is 11.1 Å². The summed E-state index contributed by atoms with van der Waals surface area (Å²) in [5, 5.41) is -0.232. The number of imide groups is 1. The first kappa shape index (κ1) is 19.2. The van der Waals surface area contributed by atoms with Crippen LogP contribution < -0.4 is 4.74 Å². The molecule has 1 heterocycles. The highest BCUT2D eigenvalue weighted by Gasteiger charge is 2.34. The van der Waals surface area contributed by atoms with Crippen molar-refractivity contribution in [2.75, 3.05) is 0 Å². The highest BCUT2D eigenvalue weighted by molar-refractivity contribution is 8.18. The van der Waals surface area contributed by atoms with E-state index in [2.05, 4.69) is 6.92 Å².